The normalized spacial score (nSPS) is 15.9. The number of ether oxygens (including phenoxy) is 2. The molecule has 0 aliphatic carbocycles. The lowest BCUT2D eigenvalue weighted by molar-refractivity contribution is 0.0531. The van der Waals surface area contributed by atoms with E-state index in [9.17, 15) is 4.79 Å². The third-order valence-electron chi connectivity index (χ3n) is 4.70. The van der Waals surface area contributed by atoms with Gasteiger partial charge in [-0.1, -0.05) is 18.2 Å². The summed E-state index contributed by atoms with van der Waals surface area (Å²) in [4.78, 5) is 22.3. The van der Waals surface area contributed by atoms with Gasteiger partial charge in [-0.2, -0.15) is 0 Å². The highest BCUT2D eigenvalue weighted by atomic mass is 32.1. The van der Waals surface area contributed by atoms with Crippen LogP contribution in [0.2, 0.25) is 0 Å². The minimum Gasteiger partial charge on any atom is -0.493 e. The molecule has 1 aromatic carbocycles. The lowest BCUT2D eigenvalue weighted by Crippen LogP contribution is -2.27. The first kappa shape index (κ1) is 17.7. The summed E-state index contributed by atoms with van der Waals surface area (Å²) in [5.74, 6) is 1.78. The van der Waals surface area contributed by atoms with E-state index in [4.69, 9.17) is 9.47 Å². The Hall–Kier alpha value is -2.67. The Labute approximate surface area is 161 Å². The molecule has 0 saturated carbocycles. The van der Waals surface area contributed by atoms with Gasteiger partial charge < -0.3 is 14.8 Å². The van der Waals surface area contributed by atoms with E-state index in [1.54, 1.807) is 6.92 Å². The molecule has 0 fully saturated rings. The van der Waals surface area contributed by atoms with Crippen LogP contribution >= 0.6 is 11.3 Å². The molecular formula is C20H21N3O3S. The van der Waals surface area contributed by atoms with E-state index < -0.39 is 0 Å². The molecule has 3 aromatic rings. The van der Waals surface area contributed by atoms with Crippen molar-refractivity contribution in [3.8, 4) is 5.75 Å². The number of hydrogen-bond donors (Lipinski definition) is 1. The van der Waals surface area contributed by atoms with Gasteiger partial charge in [-0.3, -0.25) is 0 Å². The summed E-state index contributed by atoms with van der Waals surface area (Å²) in [6.07, 6.45) is 2.50. The number of para-hydroxylation sites is 1. The van der Waals surface area contributed by atoms with Crippen molar-refractivity contribution in [2.75, 3.05) is 25.1 Å². The number of rotatable bonds is 5. The lowest BCUT2D eigenvalue weighted by atomic mass is 9.97. The molecule has 0 spiro atoms. The number of anilines is 1. The van der Waals surface area contributed by atoms with Crippen LogP contribution in [-0.2, 0) is 11.2 Å². The number of carbonyl (C=O) groups is 1. The molecule has 140 valence electrons. The molecule has 1 atom stereocenters. The van der Waals surface area contributed by atoms with Gasteiger partial charge in [0.2, 0.25) is 0 Å². The van der Waals surface area contributed by atoms with E-state index in [1.807, 2.05) is 25.1 Å². The zero-order chi connectivity index (χ0) is 18.8. The van der Waals surface area contributed by atoms with Crippen LogP contribution in [0.4, 0.5) is 5.82 Å². The Morgan fingerprint density at radius 1 is 1.37 bits per heavy atom. The summed E-state index contributed by atoms with van der Waals surface area (Å²) in [7, 11) is 0. The molecule has 4 rings (SSSR count). The van der Waals surface area contributed by atoms with Crippen molar-refractivity contribution >= 4 is 33.3 Å². The molecule has 7 heteroatoms. The van der Waals surface area contributed by atoms with E-state index in [-0.39, 0.29) is 5.97 Å². The molecule has 0 amide bonds. The van der Waals surface area contributed by atoms with Crippen molar-refractivity contribution in [3.63, 3.8) is 0 Å². The summed E-state index contributed by atoms with van der Waals surface area (Å²) < 4.78 is 11.0. The van der Waals surface area contributed by atoms with Gasteiger partial charge in [0.25, 0.3) is 0 Å². The van der Waals surface area contributed by atoms with Crippen molar-refractivity contribution < 1.29 is 14.3 Å². The molecule has 1 unspecified atom stereocenters. The van der Waals surface area contributed by atoms with Crippen LogP contribution in [0.15, 0.2) is 30.6 Å². The Bertz CT molecular complexity index is 986. The number of esters is 1. The van der Waals surface area contributed by atoms with Crippen molar-refractivity contribution in [2.45, 2.75) is 20.3 Å². The van der Waals surface area contributed by atoms with Crippen molar-refractivity contribution in [1.29, 1.82) is 0 Å². The maximum atomic E-state index is 12.2. The fourth-order valence-electron chi connectivity index (χ4n) is 3.36. The molecule has 27 heavy (non-hydrogen) atoms. The number of carbonyl (C=O) groups excluding carboxylic acids is 1. The Balaban J connectivity index is 1.53. The number of fused-ring (bicyclic) bond motifs is 2. The largest absolute Gasteiger partial charge is 0.493 e. The van der Waals surface area contributed by atoms with Crippen LogP contribution < -0.4 is 10.1 Å². The van der Waals surface area contributed by atoms with Crippen LogP contribution in [0.1, 0.15) is 27.7 Å². The fourth-order valence-corrected chi connectivity index (χ4v) is 4.40. The zero-order valence-electron chi connectivity index (χ0n) is 15.3. The second kappa shape index (κ2) is 7.52. The highest BCUT2D eigenvalue weighted by molar-refractivity contribution is 7.20. The number of nitrogens with zero attached hydrogens (tertiary/aromatic N) is 2. The van der Waals surface area contributed by atoms with Gasteiger partial charge >= 0.3 is 5.97 Å². The third-order valence-corrected chi connectivity index (χ3v) is 5.88. The molecule has 6 nitrogen and oxygen atoms in total. The monoisotopic (exact) mass is 383 g/mol. The predicted molar refractivity (Wildman–Crippen MR) is 106 cm³/mol. The summed E-state index contributed by atoms with van der Waals surface area (Å²) in [5, 5.41) is 4.33. The molecule has 1 N–H and O–H groups in total. The highest BCUT2D eigenvalue weighted by Gasteiger charge is 2.22. The summed E-state index contributed by atoms with van der Waals surface area (Å²) >= 11 is 1.35. The smallest absolute Gasteiger partial charge is 0.348 e. The molecule has 0 radical (unpaired) electrons. The SMILES string of the molecule is CCOC(=O)c1sc2ncnc(NCC3COc4ccccc4C3)c2c1C. The molecule has 0 saturated heterocycles. The first-order valence-electron chi connectivity index (χ1n) is 9.03. The number of thiophene rings is 1. The lowest BCUT2D eigenvalue weighted by Gasteiger charge is -2.25. The van der Waals surface area contributed by atoms with Crippen LogP contribution in [0, 0.1) is 12.8 Å². The number of aromatic nitrogens is 2. The standard InChI is InChI=1S/C20H21N3O3S/c1-3-25-20(24)17-12(2)16-18(22-11-23-19(16)27-17)21-9-13-8-14-6-4-5-7-15(14)26-10-13/h4-7,11,13H,3,8-10H2,1-2H3,(H,21,22,23). The number of nitrogens with one attached hydrogen (secondary N) is 1. The Morgan fingerprint density at radius 2 is 2.22 bits per heavy atom. The van der Waals surface area contributed by atoms with Gasteiger partial charge in [-0.15, -0.1) is 11.3 Å². The zero-order valence-corrected chi connectivity index (χ0v) is 16.1. The van der Waals surface area contributed by atoms with Gasteiger partial charge in [-0.05, 0) is 37.5 Å². The van der Waals surface area contributed by atoms with Gasteiger partial charge in [0.05, 0.1) is 18.6 Å². The van der Waals surface area contributed by atoms with Crippen LogP contribution in [-0.4, -0.2) is 35.7 Å². The molecule has 3 heterocycles. The molecular weight excluding hydrogens is 362 g/mol. The van der Waals surface area contributed by atoms with E-state index in [0.717, 1.165) is 40.3 Å². The average molecular weight is 383 g/mol. The first-order chi connectivity index (χ1) is 13.2. The topological polar surface area (TPSA) is 73.3 Å². The summed E-state index contributed by atoms with van der Waals surface area (Å²) in [6, 6.07) is 8.16. The maximum absolute atomic E-state index is 12.2. The van der Waals surface area contributed by atoms with E-state index in [1.165, 1.54) is 23.2 Å². The van der Waals surface area contributed by atoms with Crippen LogP contribution in [0.3, 0.4) is 0 Å². The average Bonchev–Trinajstić information content (AvgIpc) is 3.04. The Kier molecular flexibility index (Phi) is 4.94. The summed E-state index contributed by atoms with van der Waals surface area (Å²) in [5.41, 5.74) is 2.10. The van der Waals surface area contributed by atoms with Crippen molar-refractivity contribution in [3.05, 3.63) is 46.6 Å². The minimum atomic E-state index is -0.304. The van der Waals surface area contributed by atoms with Gasteiger partial charge in [0, 0.05) is 12.5 Å². The number of hydrogen-bond acceptors (Lipinski definition) is 7. The number of aryl methyl sites for hydroxylation is 1. The van der Waals surface area contributed by atoms with E-state index in [0.29, 0.717) is 24.0 Å². The van der Waals surface area contributed by atoms with Gasteiger partial charge in [-0.25, -0.2) is 14.8 Å². The molecule has 0 bridgehead atoms. The molecule has 1 aliphatic rings. The fraction of sp³-hybridized carbons (Fsp3) is 0.350. The Morgan fingerprint density at radius 3 is 3.07 bits per heavy atom. The molecule has 1 aliphatic heterocycles. The summed E-state index contributed by atoms with van der Waals surface area (Å²) in [6.45, 7) is 5.49. The maximum Gasteiger partial charge on any atom is 0.348 e. The second-order valence-electron chi connectivity index (χ2n) is 6.55. The second-order valence-corrected chi connectivity index (χ2v) is 7.55. The van der Waals surface area contributed by atoms with Gasteiger partial charge in [0.15, 0.2) is 0 Å². The first-order valence-corrected chi connectivity index (χ1v) is 9.84. The quantitative estimate of drug-likeness (QED) is 0.675. The van der Waals surface area contributed by atoms with E-state index >= 15 is 0 Å². The van der Waals surface area contributed by atoms with Crippen LogP contribution in [0.5, 0.6) is 5.75 Å². The molecule has 2 aromatic heterocycles. The minimum absolute atomic E-state index is 0.304. The third kappa shape index (κ3) is 3.47. The highest BCUT2D eigenvalue weighted by Crippen LogP contribution is 2.34. The van der Waals surface area contributed by atoms with Crippen molar-refractivity contribution in [2.24, 2.45) is 5.92 Å². The van der Waals surface area contributed by atoms with Crippen LogP contribution in [0.25, 0.3) is 10.2 Å². The predicted octanol–water partition coefficient (Wildman–Crippen LogP) is 3.84. The number of benzene rings is 1. The van der Waals surface area contributed by atoms with Gasteiger partial charge in [0.1, 0.15) is 27.6 Å². The van der Waals surface area contributed by atoms with Crippen molar-refractivity contribution in [1.82, 2.24) is 9.97 Å². The van der Waals surface area contributed by atoms with E-state index in [2.05, 4.69) is 21.4 Å².